The molecule has 0 unspecified atom stereocenters. The Morgan fingerprint density at radius 3 is 1.29 bits per heavy atom. The van der Waals surface area contributed by atoms with Crippen molar-refractivity contribution in [1.82, 2.24) is 0 Å². The predicted molar refractivity (Wildman–Crippen MR) is 383 cm³/mol. The van der Waals surface area contributed by atoms with Gasteiger partial charge in [-0.05, 0) is 144 Å². The van der Waals surface area contributed by atoms with Gasteiger partial charge < -0.3 is 14.7 Å². The van der Waals surface area contributed by atoms with E-state index in [1.54, 1.807) is 0 Å². The molecule has 0 saturated carbocycles. The molecule has 9 aromatic rings. The SMILES string of the molecule is CC(C)(C)c1ccc(N2c3cc(N(c4ccc([Si](C)(C)C)cc4)c4ccc([Si](C)(C)C)cc4)ccc3B3c4sc5ccc(C(C)(C)C)cc5c4N(c4ccc(C(C)(C)C)cc4)c4cc([Si](c5ccccc5)(C(C)(C)C)C(C)(C)C)cc2c43)cc1. The van der Waals surface area contributed by atoms with Gasteiger partial charge in [-0.25, -0.2) is 0 Å². The number of nitrogens with zero attached hydrogens (tertiary/aromatic N) is 3. The first kappa shape index (κ1) is 59.6. The summed E-state index contributed by atoms with van der Waals surface area (Å²) in [6.07, 6.45) is 0. The van der Waals surface area contributed by atoms with Crippen molar-refractivity contribution in [3.63, 3.8) is 0 Å². The molecule has 11 rings (SSSR count). The highest BCUT2D eigenvalue weighted by molar-refractivity contribution is 7.33. The van der Waals surface area contributed by atoms with E-state index in [1.807, 2.05) is 11.3 Å². The van der Waals surface area contributed by atoms with Crippen molar-refractivity contribution in [2.45, 2.75) is 169 Å². The van der Waals surface area contributed by atoms with Gasteiger partial charge in [0.1, 0.15) is 8.07 Å². The molecule has 0 amide bonds. The Kier molecular flexibility index (Phi) is 14.5. The first-order chi connectivity index (χ1) is 39.1. The molecule has 0 fully saturated rings. The van der Waals surface area contributed by atoms with Crippen LogP contribution in [-0.2, 0) is 16.2 Å². The molecule has 0 aliphatic carbocycles. The highest BCUT2D eigenvalue weighted by Gasteiger charge is 2.57. The number of fused-ring (bicyclic) bond motifs is 6. The molecule has 0 atom stereocenters. The summed E-state index contributed by atoms with van der Waals surface area (Å²) < 4.78 is 2.72. The largest absolute Gasteiger partial charge is 0.311 e. The van der Waals surface area contributed by atoms with Crippen LogP contribution in [0.2, 0.25) is 49.4 Å². The molecule has 8 heteroatoms. The average molecular weight is 1170 g/mol. The molecule has 0 saturated heterocycles. The third kappa shape index (κ3) is 10.2. The van der Waals surface area contributed by atoms with E-state index in [9.17, 15) is 0 Å². The summed E-state index contributed by atoms with van der Waals surface area (Å²) in [6, 6.07) is 70.3. The van der Waals surface area contributed by atoms with E-state index in [4.69, 9.17) is 0 Å². The van der Waals surface area contributed by atoms with Gasteiger partial charge in [-0.15, -0.1) is 11.3 Å². The monoisotopic (exact) mass is 1170 g/mol. The van der Waals surface area contributed by atoms with E-state index < -0.39 is 24.2 Å². The zero-order valence-electron chi connectivity index (χ0n) is 54.6. The second-order valence-corrected chi connectivity index (χ2v) is 48.6. The Morgan fingerprint density at radius 2 is 0.833 bits per heavy atom. The van der Waals surface area contributed by atoms with Crippen molar-refractivity contribution in [3.8, 4) is 0 Å². The Morgan fingerprint density at radius 1 is 0.393 bits per heavy atom. The molecule has 84 heavy (non-hydrogen) atoms. The Labute approximate surface area is 513 Å². The van der Waals surface area contributed by atoms with Crippen LogP contribution in [-0.4, -0.2) is 30.9 Å². The maximum Gasteiger partial charge on any atom is 0.264 e. The first-order valence-electron chi connectivity index (χ1n) is 30.9. The number of thiophene rings is 1. The highest BCUT2D eigenvalue weighted by atomic mass is 32.1. The summed E-state index contributed by atoms with van der Waals surface area (Å²) in [5.41, 5.74) is 17.6. The molecule has 0 bridgehead atoms. The van der Waals surface area contributed by atoms with Crippen LogP contribution in [0.5, 0.6) is 0 Å². The van der Waals surface area contributed by atoms with Crippen molar-refractivity contribution < 1.29 is 0 Å². The van der Waals surface area contributed by atoms with Gasteiger partial charge in [0.05, 0.1) is 21.8 Å². The standard InChI is InChI=1S/C76H92BN3SSi3/c1-72(2,3)51-27-32-56(33-28-51)79-65-48-58(78(54-36-41-59(42-37-54)82(16,17)18)55-38-43-60(44-39-55)83(19,20)21)40-45-64(65)77-69-66(79)49-62(84(75(10,11)12,76(13,14)15)61-25-23-22-24-26-61)50-67(69)80(57-34-29-52(30-35-57)73(4,5)6)70-63-47-53(74(7,8)9)31-46-68(63)81-71(70)77/h22-50H,1-21H3. The number of anilines is 9. The van der Waals surface area contributed by atoms with Crippen LogP contribution in [0.25, 0.3) is 10.1 Å². The van der Waals surface area contributed by atoms with E-state index in [0.29, 0.717) is 0 Å². The lowest BCUT2D eigenvalue weighted by molar-refractivity contribution is 0.590. The maximum absolute atomic E-state index is 2.85. The van der Waals surface area contributed by atoms with Crippen molar-refractivity contribution in [1.29, 1.82) is 0 Å². The fraction of sp³-hybridized carbons (Fsp3) is 0.342. The van der Waals surface area contributed by atoms with E-state index in [0.717, 1.165) is 5.69 Å². The van der Waals surface area contributed by atoms with E-state index in [1.165, 1.54) is 109 Å². The smallest absolute Gasteiger partial charge is 0.264 e. The number of hydrogen-bond acceptors (Lipinski definition) is 4. The second-order valence-electron chi connectivity index (χ2n) is 31.7. The lowest BCUT2D eigenvalue weighted by atomic mass is 9.36. The van der Waals surface area contributed by atoms with Gasteiger partial charge in [0, 0.05) is 60.4 Å². The molecule has 2 aliphatic rings. The van der Waals surface area contributed by atoms with Crippen molar-refractivity contribution in [2.75, 3.05) is 14.7 Å². The summed E-state index contributed by atoms with van der Waals surface area (Å²) in [5.74, 6) is 0. The molecule has 3 heterocycles. The maximum atomic E-state index is 2.72. The van der Waals surface area contributed by atoms with Gasteiger partial charge in [0.2, 0.25) is 0 Å². The molecule has 432 valence electrons. The van der Waals surface area contributed by atoms with Gasteiger partial charge in [-0.3, -0.25) is 0 Å². The molecule has 0 N–H and O–H groups in total. The minimum absolute atomic E-state index is 0.00278. The lowest BCUT2D eigenvalue weighted by Crippen LogP contribution is -2.70. The fourth-order valence-electron chi connectivity index (χ4n) is 14.4. The van der Waals surface area contributed by atoms with E-state index in [2.05, 4.69) is 334 Å². The quantitative estimate of drug-likeness (QED) is 0.133. The highest BCUT2D eigenvalue weighted by Crippen LogP contribution is 2.54. The summed E-state index contributed by atoms with van der Waals surface area (Å²) in [6.45, 7) is 50.9. The van der Waals surface area contributed by atoms with Crippen molar-refractivity contribution >= 4 is 140 Å². The van der Waals surface area contributed by atoms with Gasteiger partial charge in [-0.1, -0.05) is 250 Å². The first-order valence-corrected chi connectivity index (χ1v) is 40.7. The molecule has 0 spiro atoms. The van der Waals surface area contributed by atoms with Crippen LogP contribution in [0.4, 0.5) is 51.2 Å². The van der Waals surface area contributed by atoms with Gasteiger partial charge in [-0.2, -0.15) is 0 Å². The average Bonchev–Trinajstić information content (AvgIpc) is 1.10. The van der Waals surface area contributed by atoms with Gasteiger partial charge in [0.25, 0.3) is 6.71 Å². The van der Waals surface area contributed by atoms with Gasteiger partial charge >= 0.3 is 0 Å². The topological polar surface area (TPSA) is 9.72 Å². The van der Waals surface area contributed by atoms with Crippen LogP contribution >= 0.6 is 11.3 Å². The number of hydrogen-bond donors (Lipinski definition) is 0. The van der Waals surface area contributed by atoms with Crippen LogP contribution in [0.15, 0.2) is 176 Å². The molecule has 2 aliphatic heterocycles. The summed E-state index contributed by atoms with van der Waals surface area (Å²) in [7, 11) is -6.01. The van der Waals surface area contributed by atoms with E-state index >= 15 is 0 Å². The summed E-state index contributed by atoms with van der Waals surface area (Å²) >= 11 is 2.00. The van der Waals surface area contributed by atoms with Gasteiger partial charge in [0.15, 0.2) is 0 Å². The normalized spacial score (nSPS) is 14.2. The fourth-order valence-corrected chi connectivity index (χ4v) is 25.5. The molecular weight excluding hydrogens is 1080 g/mol. The lowest BCUT2D eigenvalue weighted by Gasteiger charge is -2.54. The summed E-state index contributed by atoms with van der Waals surface area (Å²) in [4.78, 5) is 7.94. The molecule has 0 radical (unpaired) electrons. The predicted octanol–water partition coefficient (Wildman–Crippen LogP) is 18.6. The van der Waals surface area contributed by atoms with Crippen LogP contribution < -0.4 is 51.1 Å². The zero-order chi connectivity index (χ0) is 60.6. The second kappa shape index (κ2) is 20.5. The van der Waals surface area contributed by atoms with E-state index in [-0.39, 0.29) is 33.0 Å². The molecule has 3 nitrogen and oxygen atoms in total. The molecule has 1 aromatic heterocycles. The zero-order valence-corrected chi connectivity index (χ0v) is 58.4. The Bertz CT molecular complexity index is 3860. The Balaban J connectivity index is 1.31. The number of benzene rings is 8. The van der Waals surface area contributed by atoms with Crippen LogP contribution in [0.1, 0.15) is 121 Å². The van der Waals surface area contributed by atoms with Crippen LogP contribution in [0, 0.1) is 0 Å². The molecular formula is C76H92BN3SSi3. The third-order valence-electron chi connectivity index (χ3n) is 18.6. The minimum atomic E-state index is -2.85. The van der Waals surface area contributed by atoms with Crippen molar-refractivity contribution in [2.24, 2.45) is 0 Å². The third-order valence-corrected chi connectivity index (χ3v) is 30.8. The Hall–Kier alpha value is -6.16. The van der Waals surface area contributed by atoms with Crippen molar-refractivity contribution in [3.05, 3.63) is 193 Å². The molecule has 8 aromatic carbocycles. The number of rotatable bonds is 9. The minimum Gasteiger partial charge on any atom is -0.311 e. The summed E-state index contributed by atoms with van der Waals surface area (Å²) in [5, 5.41) is 6.98. The van der Waals surface area contributed by atoms with Crippen LogP contribution in [0.3, 0.4) is 0 Å².